The number of hydrogen-bond donors (Lipinski definition) is 0. The average molecular weight is 315 g/mol. The summed E-state index contributed by atoms with van der Waals surface area (Å²) in [7, 11) is 0. The highest BCUT2D eigenvalue weighted by Crippen LogP contribution is 2.21. The van der Waals surface area contributed by atoms with Crippen molar-refractivity contribution in [3.05, 3.63) is 35.4 Å². The molecule has 0 aliphatic heterocycles. The fourth-order valence-corrected chi connectivity index (χ4v) is 1.91. The van der Waals surface area contributed by atoms with Gasteiger partial charge in [0, 0.05) is 11.6 Å². The van der Waals surface area contributed by atoms with Crippen molar-refractivity contribution in [2.75, 3.05) is 6.54 Å². The van der Waals surface area contributed by atoms with Crippen LogP contribution in [0.3, 0.4) is 0 Å². The van der Waals surface area contributed by atoms with Crippen molar-refractivity contribution in [2.45, 2.75) is 39.9 Å². The lowest BCUT2D eigenvalue weighted by atomic mass is 10.0. The van der Waals surface area contributed by atoms with E-state index in [1.807, 2.05) is 6.92 Å². The van der Waals surface area contributed by atoms with Crippen LogP contribution in [0.1, 0.15) is 36.7 Å². The van der Waals surface area contributed by atoms with Crippen LogP contribution >= 0.6 is 0 Å². The molecule has 1 aromatic rings. The molecule has 6 heteroatoms. The Morgan fingerprint density at radius 3 is 2.00 bits per heavy atom. The lowest BCUT2D eigenvalue weighted by Crippen LogP contribution is -2.49. The Balaban J connectivity index is 3.05. The molecule has 1 amide bonds. The predicted molar refractivity (Wildman–Crippen MR) is 77.6 cm³/mol. The molecule has 22 heavy (non-hydrogen) atoms. The quantitative estimate of drug-likeness (QED) is 0.615. The van der Waals surface area contributed by atoms with Gasteiger partial charge in [-0.25, -0.2) is 0 Å². The van der Waals surface area contributed by atoms with E-state index in [1.54, 1.807) is 26.0 Å². The number of amides is 1. The Morgan fingerprint density at radius 2 is 1.59 bits per heavy atom. The molecule has 1 rings (SSSR count). The summed E-state index contributed by atoms with van der Waals surface area (Å²) in [5, 5.41) is 0. The number of nitrogens with zero attached hydrogens (tertiary/aromatic N) is 1. The zero-order chi connectivity index (χ0) is 17.1. The lowest BCUT2D eigenvalue weighted by molar-refractivity contribution is -0.163. The van der Waals surface area contributed by atoms with Crippen LogP contribution in [-0.2, 0) is 4.79 Å². The standard InChI is InChI=1S/C16H20F3NO2/c1-10(2)12(4)20(9-16(17,18)19)15(22)14(21)13-7-5-11(3)6-8-13/h5-8,10,12H,9H2,1-4H3/t12-/m0/s1. The molecule has 0 N–H and O–H groups in total. The van der Waals surface area contributed by atoms with Crippen LogP contribution in [-0.4, -0.2) is 35.4 Å². The number of carbonyl (C=O) groups excluding carboxylic acids is 2. The Kier molecular flexibility index (Phi) is 5.74. The van der Waals surface area contributed by atoms with Gasteiger partial charge in [-0.15, -0.1) is 0 Å². The normalized spacial score (nSPS) is 13.1. The summed E-state index contributed by atoms with van der Waals surface area (Å²) in [6, 6.07) is 5.48. The van der Waals surface area contributed by atoms with E-state index in [9.17, 15) is 22.8 Å². The van der Waals surface area contributed by atoms with Gasteiger partial charge >= 0.3 is 6.18 Å². The third-order valence-electron chi connectivity index (χ3n) is 3.57. The second-order valence-electron chi connectivity index (χ2n) is 5.73. The van der Waals surface area contributed by atoms with Crippen molar-refractivity contribution < 1.29 is 22.8 Å². The van der Waals surface area contributed by atoms with Crippen molar-refractivity contribution in [3.8, 4) is 0 Å². The van der Waals surface area contributed by atoms with Crippen molar-refractivity contribution >= 4 is 11.7 Å². The number of ketones is 1. The van der Waals surface area contributed by atoms with Gasteiger partial charge in [0.15, 0.2) is 0 Å². The Hall–Kier alpha value is -1.85. The maximum atomic E-state index is 12.7. The first kappa shape index (κ1) is 18.2. The number of alkyl halides is 3. The topological polar surface area (TPSA) is 37.4 Å². The summed E-state index contributed by atoms with van der Waals surface area (Å²) in [6.07, 6.45) is -4.55. The number of aryl methyl sites for hydroxylation is 1. The molecule has 0 heterocycles. The van der Waals surface area contributed by atoms with Crippen LogP contribution in [0, 0.1) is 12.8 Å². The van der Waals surface area contributed by atoms with Gasteiger partial charge in [-0.3, -0.25) is 9.59 Å². The first-order chi connectivity index (χ1) is 10.0. The van der Waals surface area contributed by atoms with Gasteiger partial charge in [-0.1, -0.05) is 43.7 Å². The minimum atomic E-state index is -4.55. The molecule has 3 nitrogen and oxygen atoms in total. The number of hydrogen-bond acceptors (Lipinski definition) is 2. The molecule has 122 valence electrons. The molecular formula is C16H20F3NO2. The molecule has 0 spiro atoms. The lowest BCUT2D eigenvalue weighted by Gasteiger charge is -2.32. The zero-order valence-corrected chi connectivity index (χ0v) is 13.1. The highest BCUT2D eigenvalue weighted by Gasteiger charge is 2.38. The van der Waals surface area contributed by atoms with Crippen LogP contribution in [0.4, 0.5) is 13.2 Å². The summed E-state index contributed by atoms with van der Waals surface area (Å²) >= 11 is 0. The summed E-state index contributed by atoms with van der Waals surface area (Å²) in [4.78, 5) is 25.0. The third-order valence-corrected chi connectivity index (χ3v) is 3.57. The van der Waals surface area contributed by atoms with E-state index in [1.165, 1.54) is 19.1 Å². The highest BCUT2D eigenvalue weighted by atomic mass is 19.4. The van der Waals surface area contributed by atoms with E-state index in [2.05, 4.69) is 0 Å². The van der Waals surface area contributed by atoms with Crippen molar-refractivity contribution in [1.82, 2.24) is 4.90 Å². The van der Waals surface area contributed by atoms with E-state index in [4.69, 9.17) is 0 Å². The minimum absolute atomic E-state index is 0.0960. The SMILES string of the molecule is Cc1ccc(C(=O)C(=O)N(CC(F)(F)F)[C@@H](C)C(C)C)cc1. The van der Waals surface area contributed by atoms with Crippen LogP contribution < -0.4 is 0 Å². The third kappa shape index (κ3) is 4.86. The Morgan fingerprint density at radius 1 is 1.09 bits per heavy atom. The fourth-order valence-electron chi connectivity index (χ4n) is 1.91. The number of Topliss-reactive ketones (excluding diaryl/α,β-unsaturated/α-hetero) is 1. The van der Waals surface area contributed by atoms with Gasteiger partial charge in [0.05, 0.1) is 0 Å². The molecule has 0 aliphatic rings. The summed E-state index contributed by atoms with van der Waals surface area (Å²) < 4.78 is 38.1. The maximum absolute atomic E-state index is 12.7. The zero-order valence-electron chi connectivity index (χ0n) is 13.1. The van der Waals surface area contributed by atoms with Gasteiger partial charge in [-0.2, -0.15) is 13.2 Å². The molecule has 0 unspecified atom stereocenters. The van der Waals surface area contributed by atoms with E-state index in [-0.39, 0.29) is 11.5 Å². The monoisotopic (exact) mass is 315 g/mol. The molecular weight excluding hydrogens is 295 g/mol. The average Bonchev–Trinajstić information content (AvgIpc) is 2.42. The maximum Gasteiger partial charge on any atom is 0.406 e. The molecule has 0 saturated carbocycles. The Bertz CT molecular complexity index is 535. The molecule has 0 aliphatic carbocycles. The Labute approximate surface area is 128 Å². The summed E-state index contributed by atoms with van der Waals surface area (Å²) in [5.74, 6) is -2.24. The second kappa shape index (κ2) is 6.94. The van der Waals surface area contributed by atoms with Gasteiger partial charge < -0.3 is 4.90 Å². The molecule has 0 radical (unpaired) electrons. The van der Waals surface area contributed by atoms with Crippen molar-refractivity contribution in [1.29, 1.82) is 0 Å². The van der Waals surface area contributed by atoms with E-state index in [0.29, 0.717) is 4.90 Å². The molecule has 0 fully saturated rings. The van der Waals surface area contributed by atoms with Crippen LogP contribution in [0.5, 0.6) is 0 Å². The van der Waals surface area contributed by atoms with Crippen LogP contribution in [0.25, 0.3) is 0 Å². The fraction of sp³-hybridized carbons (Fsp3) is 0.500. The first-order valence-electron chi connectivity index (χ1n) is 7.01. The molecule has 0 bridgehead atoms. The smallest absolute Gasteiger partial charge is 0.324 e. The van der Waals surface area contributed by atoms with Crippen LogP contribution in [0.2, 0.25) is 0 Å². The van der Waals surface area contributed by atoms with Gasteiger partial charge in [0.25, 0.3) is 5.91 Å². The first-order valence-corrected chi connectivity index (χ1v) is 7.01. The summed E-state index contributed by atoms with van der Waals surface area (Å²) in [5.41, 5.74) is 0.991. The number of carbonyl (C=O) groups is 2. The molecule has 1 aromatic carbocycles. The number of rotatable bonds is 5. The molecule has 1 atom stereocenters. The van der Waals surface area contributed by atoms with Crippen molar-refractivity contribution in [3.63, 3.8) is 0 Å². The minimum Gasteiger partial charge on any atom is -0.324 e. The van der Waals surface area contributed by atoms with Gasteiger partial charge in [0.2, 0.25) is 5.78 Å². The van der Waals surface area contributed by atoms with E-state index >= 15 is 0 Å². The molecule has 0 saturated heterocycles. The van der Waals surface area contributed by atoms with E-state index < -0.39 is 30.5 Å². The summed E-state index contributed by atoms with van der Waals surface area (Å²) in [6.45, 7) is 5.31. The van der Waals surface area contributed by atoms with Gasteiger partial charge in [0.1, 0.15) is 6.54 Å². The number of halogens is 3. The highest BCUT2D eigenvalue weighted by molar-refractivity contribution is 6.42. The number of benzene rings is 1. The largest absolute Gasteiger partial charge is 0.406 e. The predicted octanol–water partition coefficient (Wildman–Crippen LogP) is 3.61. The van der Waals surface area contributed by atoms with E-state index in [0.717, 1.165) is 5.56 Å². The van der Waals surface area contributed by atoms with Crippen LogP contribution in [0.15, 0.2) is 24.3 Å². The molecule has 0 aromatic heterocycles. The van der Waals surface area contributed by atoms with Gasteiger partial charge in [-0.05, 0) is 19.8 Å². The van der Waals surface area contributed by atoms with Crippen molar-refractivity contribution in [2.24, 2.45) is 5.92 Å². The second-order valence-corrected chi connectivity index (χ2v) is 5.73.